The molecule has 0 aromatic heterocycles. The molecule has 1 heteroatoms. The van der Waals surface area contributed by atoms with Gasteiger partial charge in [0.05, 0.1) is 6.04 Å². The summed E-state index contributed by atoms with van der Waals surface area (Å²) in [4.78, 5) is 2.77. The molecule has 11 rings (SSSR count). The summed E-state index contributed by atoms with van der Waals surface area (Å²) in [7, 11) is 0. The zero-order valence-corrected chi connectivity index (χ0v) is 29.3. The third kappa shape index (κ3) is 4.21. The zero-order chi connectivity index (χ0) is 33.7. The van der Waals surface area contributed by atoms with Crippen LogP contribution in [0.3, 0.4) is 0 Å². The fraction of sp³-hybridized carbons (Fsp3) is 0.240. The molecule has 0 bridgehead atoms. The van der Waals surface area contributed by atoms with E-state index in [1.807, 2.05) is 0 Å². The van der Waals surface area contributed by atoms with Crippen LogP contribution in [0.5, 0.6) is 0 Å². The summed E-state index contributed by atoms with van der Waals surface area (Å²) in [6.07, 6.45) is 37.4. The van der Waals surface area contributed by atoms with E-state index in [4.69, 9.17) is 0 Å². The van der Waals surface area contributed by atoms with Crippen LogP contribution in [-0.4, -0.2) is 6.04 Å². The van der Waals surface area contributed by atoms with Crippen LogP contribution in [0.15, 0.2) is 191 Å². The monoisotopic (exact) mass is 657 g/mol. The van der Waals surface area contributed by atoms with Crippen LogP contribution >= 0.6 is 0 Å². The number of allylic oxidation sites excluding steroid dienone is 18. The number of hydrogen-bond donors (Lipinski definition) is 0. The molecule has 1 nitrogen and oxygen atoms in total. The second kappa shape index (κ2) is 11.2. The average molecular weight is 658 g/mol. The van der Waals surface area contributed by atoms with Gasteiger partial charge in [-0.15, -0.1) is 0 Å². The Morgan fingerprint density at radius 3 is 2.61 bits per heavy atom. The SMILES string of the molecule is CC1(c2ccccc2)c2ccccc2-c2ccc(N(C3=CC=CC4C=CCCC34)C3C=C4C(=CC3)C3C=CC=C5C=C6C=CCCC6=C4C53)cc21. The average Bonchev–Trinajstić information content (AvgIpc) is 3.66. The van der Waals surface area contributed by atoms with Crippen LogP contribution in [0.25, 0.3) is 11.1 Å². The van der Waals surface area contributed by atoms with Crippen LogP contribution in [0, 0.1) is 23.7 Å². The van der Waals surface area contributed by atoms with Crippen LogP contribution in [-0.2, 0) is 5.41 Å². The quantitative estimate of drug-likeness (QED) is 0.252. The maximum Gasteiger partial charge on any atom is 0.0562 e. The Balaban J connectivity index is 1.10. The van der Waals surface area contributed by atoms with Gasteiger partial charge in [-0.05, 0) is 118 Å². The molecule has 0 amide bonds. The van der Waals surface area contributed by atoms with Gasteiger partial charge in [-0.2, -0.15) is 0 Å². The maximum absolute atomic E-state index is 2.77. The predicted molar refractivity (Wildman–Crippen MR) is 211 cm³/mol. The van der Waals surface area contributed by atoms with Gasteiger partial charge in [-0.25, -0.2) is 0 Å². The lowest BCUT2D eigenvalue weighted by atomic mass is 9.73. The summed E-state index contributed by atoms with van der Waals surface area (Å²) in [6.45, 7) is 2.45. The minimum atomic E-state index is -0.230. The summed E-state index contributed by atoms with van der Waals surface area (Å²) in [5.41, 5.74) is 18.7. The second-order valence-electron chi connectivity index (χ2n) is 15.8. The highest BCUT2D eigenvalue weighted by molar-refractivity contribution is 5.85. The van der Waals surface area contributed by atoms with Crippen molar-refractivity contribution < 1.29 is 0 Å². The van der Waals surface area contributed by atoms with Gasteiger partial charge >= 0.3 is 0 Å². The maximum atomic E-state index is 2.77. The van der Waals surface area contributed by atoms with Crippen molar-refractivity contribution in [3.8, 4) is 11.1 Å². The molecule has 8 aliphatic carbocycles. The van der Waals surface area contributed by atoms with Crippen molar-refractivity contribution in [3.05, 3.63) is 208 Å². The third-order valence-electron chi connectivity index (χ3n) is 13.4. The molecule has 0 radical (unpaired) electrons. The van der Waals surface area contributed by atoms with Crippen molar-refractivity contribution in [2.24, 2.45) is 23.7 Å². The predicted octanol–water partition coefficient (Wildman–Crippen LogP) is 11.8. The molecular formula is C50H43N. The van der Waals surface area contributed by atoms with Crippen LogP contribution < -0.4 is 4.90 Å². The number of rotatable bonds is 4. The number of hydrogen-bond acceptors (Lipinski definition) is 1. The molecule has 8 aliphatic rings. The Hall–Kier alpha value is -5.14. The van der Waals surface area contributed by atoms with E-state index in [1.54, 1.807) is 16.7 Å². The van der Waals surface area contributed by atoms with Crippen LogP contribution in [0.4, 0.5) is 5.69 Å². The van der Waals surface area contributed by atoms with Crippen molar-refractivity contribution in [2.45, 2.75) is 50.5 Å². The van der Waals surface area contributed by atoms with Crippen molar-refractivity contribution in [2.75, 3.05) is 4.90 Å². The molecule has 0 saturated heterocycles. The van der Waals surface area contributed by atoms with Gasteiger partial charge in [0.2, 0.25) is 0 Å². The number of benzene rings is 3. The Morgan fingerprint density at radius 1 is 0.804 bits per heavy atom. The molecule has 1 fully saturated rings. The number of anilines is 1. The summed E-state index contributed by atoms with van der Waals surface area (Å²) >= 11 is 0. The highest BCUT2D eigenvalue weighted by Crippen LogP contribution is 2.58. The highest BCUT2D eigenvalue weighted by Gasteiger charge is 2.46. The molecule has 3 aromatic rings. The number of nitrogens with zero attached hydrogens (tertiary/aromatic N) is 1. The summed E-state index contributed by atoms with van der Waals surface area (Å²) in [6, 6.07) is 27.9. The second-order valence-corrected chi connectivity index (χ2v) is 15.8. The van der Waals surface area contributed by atoms with Gasteiger partial charge in [0, 0.05) is 40.5 Å². The van der Waals surface area contributed by atoms with Crippen molar-refractivity contribution in [1.29, 1.82) is 0 Å². The van der Waals surface area contributed by atoms with Gasteiger partial charge in [-0.1, -0.05) is 134 Å². The molecule has 0 N–H and O–H groups in total. The van der Waals surface area contributed by atoms with Crippen LogP contribution in [0.2, 0.25) is 0 Å². The molecule has 1 saturated carbocycles. The largest absolute Gasteiger partial charge is 0.338 e. The lowest BCUT2D eigenvalue weighted by Crippen LogP contribution is -2.39. The Morgan fingerprint density at radius 2 is 1.67 bits per heavy atom. The summed E-state index contributed by atoms with van der Waals surface area (Å²) in [5, 5.41) is 0. The third-order valence-corrected chi connectivity index (χ3v) is 13.4. The topological polar surface area (TPSA) is 3.24 Å². The first kappa shape index (κ1) is 29.6. The van der Waals surface area contributed by atoms with Gasteiger partial charge in [0.15, 0.2) is 0 Å². The number of fused-ring (bicyclic) bond motifs is 8. The van der Waals surface area contributed by atoms with E-state index in [1.165, 1.54) is 62.3 Å². The highest BCUT2D eigenvalue weighted by atomic mass is 15.2. The van der Waals surface area contributed by atoms with Crippen molar-refractivity contribution in [1.82, 2.24) is 0 Å². The van der Waals surface area contributed by atoms with Crippen molar-refractivity contribution in [3.63, 3.8) is 0 Å². The first-order valence-electron chi connectivity index (χ1n) is 19.3. The van der Waals surface area contributed by atoms with Crippen LogP contribution in [0.1, 0.15) is 55.7 Å². The smallest absolute Gasteiger partial charge is 0.0562 e. The normalized spacial score (nSPS) is 30.1. The molecule has 6 unspecified atom stereocenters. The summed E-state index contributed by atoms with van der Waals surface area (Å²) in [5.74, 6) is 1.84. The van der Waals surface area contributed by atoms with E-state index in [-0.39, 0.29) is 11.5 Å². The van der Waals surface area contributed by atoms with E-state index in [9.17, 15) is 0 Å². The molecule has 248 valence electrons. The van der Waals surface area contributed by atoms with Gasteiger partial charge in [-0.3, -0.25) is 0 Å². The van der Waals surface area contributed by atoms with Gasteiger partial charge in [0.25, 0.3) is 0 Å². The molecule has 51 heavy (non-hydrogen) atoms. The first-order chi connectivity index (χ1) is 25.2. The Labute approximate surface area is 302 Å². The molecule has 3 aromatic carbocycles. The van der Waals surface area contributed by atoms with Gasteiger partial charge < -0.3 is 4.90 Å². The lowest BCUT2D eigenvalue weighted by molar-refractivity contribution is 0.446. The molecule has 0 heterocycles. The van der Waals surface area contributed by atoms with E-state index in [2.05, 4.69) is 164 Å². The lowest BCUT2D eigenvalue weighted by Gasteiger charge is -2.42. The Bertz CT molecular complexity index is 2330. The molecule has 6 atom stereocenters. The fourth-order valence-corrected chi connectivity index (χ4v) is 11.0. The standard InChI is InChI=1S/C50H43N/c1-50(35-17-3-2-4-18-35)45-23-10-9-21-41(45)42-28-26-37(31-46(42)50)51(47-24-12-15-32-13-5-7-19-38(32)47)36-25-27-40-43-22-11-16-34-29-33-14-6-8-20-39(33)49(48(34)43)44(40)30-36/h2-6,9-18,21-24,26-32,36,38,43,48H,7-8,19-20,25H2,1H3. The minimum absolute atomic E-state index is 0.230. The fourth-order valence-electron chi connectivity index (χ4n) is 11.0. The van der Waals surface area contributed by atoms with E-state index in [0.717, 1.165) is 25.7 Å². The molecule has 0 spiro atoms. The van der Waals surface area contributed by atoms with Crippen molar-refractivity contribution >= 4 is 5.69 Å². The minimum Gasteiger partial charge on any atom is -0.338 e. The van der Waals surface area contributed by atoms with E-state index < -0.39 is 0 Å². The molecule has 0 aliphatic heterocycles. The Kier molecular flexibility index (Phi) is 6.48. The summed E-state index contributed by atoms with van der Waals surface area (Å²) < 4.78 is 0. The van der Waals surface area contributed by atoms with E-state index in [0.29, 0.717) is 23.7 Å². The van der Waals surface area contributed by atoms with Gasteiger partial charge in [0.1, 0.15) is 0 Å². The van der Waals surface area contributed by atoms with E-state index >= 15 is 0 Å². The molecular weight excluding hydrogens is 615 g/mol. The first-order valence-corrected chi connectivity index (χ1v) is 19.3. The zero-order valence-electron chi connectivity index (χ0n) is 29.3.